The van der Waals surface area contributed by atoms with Gasteiger partial charge < -0.3 is 0 Å². The molecule has 3 N–H and O–H groups in total. The molecule has 100 valence electrons. The van der Waals surface area contributed by atoms with E-state index in [1.54, 1.807) is 0 Å². The Morgan fingerprint density at radius 2 is 1.71 bits per heavy atom. The van der Waals surface area contributed by atoms with Crippen molar-refractivity contribution >= 4 is 0 Å². The van der Waals surface area contributed by atoms with Gasteiger partial charge in [0.2, 0.25) is 0 Å². The van der Waals surface area contributed by atoms with Crippen LogP contribution in [-0.2, 0) is 0 Å². The van der Waals surface area contributed by atoms with Gasteiger partial charge in [0.05, 0.1) is 6.04 Å². The quantitative estimate of drug-likeness (QED) is 0.387. The molecule has 17 heavy (non-hydrogen) atoms. The highest BCUT2D eigenvalue weighted by molar-refractivity contribution is 5.06. The maximum Gasteiger partial charge on any atom is 0.0503 e. The molecule has 1 atom stereocenters. The van der Waals surface area contributed by atoms with E-state index in [-0.39, 0.29) is 11.6 Å². The summed E-state index contributed by atoms with van der Waals surface area (Å²) in [5.41, 5.74) is 3.10. The zero-order valence-corrected chi connectivity index (χ0v) is 12.1. The van der Waals surface area contributed by atoms with Crippen molar-refractivity contribution in [3.63, 3.8) is 0 Å². The van der Waals surface area contributed by atoms with Gasteiger partial charge in [-0.3, -0.25) is 16.2 Å². The first-order valence-corrected chi connectivity index (χ1v) is 6.77. The predicted molar refractivity (Wildman–Crippen MR) is 75.4 cm³/mol. The predicted octanol–water partition coefficient (Wildman–Crippen LogP) is 2.13. The summed E-state index contributed by atoms with van der Waals surface area (Å²) in [5.74, 6) is 11.9. The Balaban J connectivity index is 5.15. The fourth-order valence-corrected chi connectivity index (χ4v) is 2.87. The van der Waals surface area contributed by atoms with Gasteiger partial charge in [-0.05, 0) is 32.9 Å². The van der Waals surface area contributed by atoms with Crippen LogP contribution in [0.2, 0.25) is 0 Å². The largest absolute Gasteiger partial charge is 0.297 e. The van der Waals surface area contributed by atoms with E-state index in [2.05, 4.69) is 49.9 Å². The molecular weight excluding hydrogens is 210 g/mol. The van der Waals surface area contributed by atoms with E-state index in [4.69, 9.17) is 5.84 Å². The normalized spacial score (nSPS) is 13.4. The first-order valence-electron chi connectivity index (χ1n) is 6.77. The third kappa shape index (κ3) is 3.70. The Hall–Kier alpha value is -0.560. The standard InChI is InChI=1S/C14H29N3/c1-6-11-12-13(16-15)14(7-2,8-3)17(9-4)10-5/h13,16H,7-10,12,15H2,1-5H3. The second kappa shape index (κ2) is 8.52. The van der Waals surface area contributed by atoms with Crippen molar-refractivity contribution in [1.29, 1.82) is 0 Å². The number of nitrogens with one attached hydrogen (secondary N) is 1. The minimum Gasteiger partial charge on any atom is -0.297 e. The second-order valence-corrected chi connectivity index (χ2v) is 4.33. The van der Waals surface area contributed by atoms with Gasteiger partial charge >= 0.3 is 0 Å². The molecule has 0 rings (SSSR count). The molecule has 0 radical (unpaired) electrons. The molecule has 0 aliphatic heterocycles. The SMILES string of the molecule is CC#CCC(NN)C(CC)(CC)N(CC)CC. The Bertz CT molecular complexity index is 244. The van der Waals surface area contributed by atoms with Crippen LogP contribution in [-0.4, -0.2) is 29.6 Å². The fourth-order valence-electron chi connectivity index (χ4n) is 2.87. The van der Waals surface area contributed by atoms with Crippen LogP contribution in [0, 0.1) is 11.8 Å². The summed E-state index contributed by atoms with van der Waals surface area (Å²) in [4.78, 5) is 2.51. The maximum absolute atomic E-state index is 5.75. The van der Waals surface area contributed by atoms with Crippen molar-refractivity contribution < 1.29 is 0 Å². The van der Waals surface area contributed by atoms with Gasteiger partial charge in [-0.1, -0.05) is 27.7 Å². The van der Waals surface area contributed by atoms with Gasteiger partial charge in [-0.25, -0.2) is 0 Å². The third-order valence-electron chi connectivity index (χ3n) is 3.95. The molecule has 0 fully saturated rings. The minimum absolute atomic E-state index is 0.113. The average Bonchev–Trinajstić information content (AvgIpc) is 2.38. The van der Waals surface area contributed by atoms with Crippen molar-refractivity contribution in [1.82, 2.24) is 10.3 Å². The lowest BCUT2D eigenvalue weighted by molar-refractivity contribution is 0.0509. The molecule has 0 saturated heterocycles. The number of nitrogens with zero attached hydrogens (tertiary/aromatic N) is 1. The lowest BCUT2D eigenvalue weighted by Gasteiger charge is -2.47. The fraction of sp³-hybridized carbons (Fsp3) is 0.857. The molecule has 0 heterocycles. The summed E-state index contributed by atoms with van der Waals surface area (Å²) in [5, 5.41) is 0. The molecule has 0 aromatic carbocycles. The van der Waals surface area contributed by atoms with Crippen molar-refractivity contribution in [2.24, 2.45) is 5.84 Å². The molecule has 0 aromatic rings. The van der Waals surface area contributed by atoms with E-state index in [0.29, 0.717) is 0 Å². The third-order valence-corrected chi connectivity index (χ3v) is 3.95. The molecule has 3 heteroatoms. The van der Waals surface area contributed by atoms with Crippen molar-refractivity contribution in [3.8, 4) is 11.8 Å². The first kappa shape index (κ1) is 16.4. The number of hydrazine groups is 1. The zero-order valence-electron chi connectivity index (χ0n) is 12.1. The highest BCUT2D eigenvalue weighted by atomic mass is 15.3. The number of hydrogen-bond acceptors (Lipinski definition) is 3. The summed E-state index contributed by atoms with van der Waals surface area (Å²) < 4.78 is 0. The highest BCUT2D eigenvalue weighted by Gasteiger charge is 2.38. The molecule has 0 saturated carbocycles. The summed E-state index contributed by atoms with van der Waals surface area (Å²) >= 11 is 0. The van der Waals surface area contributed by atoms with Gasteiger partial charge in [0.1, 0.15) is 0 Å². The Kier molecular flexibility index (Phi) is 8.24. The van der Waals surface area contributed by atoms with Gasteiger partial charge in [-0.15, -0.1) is 11.8 Å². The summed E-state index contributed by atoms with van der Waals surface area (Å²) in [6.07, 6.45) is 2.99. The molecule has 0 bridgehead atoms. The summed E-state index contributed by atoms with van der Waals surface area (Å²) in [7, 11) is 0. The lowest BCUT2D eigenvalue weighted by atomic mass is 9.81. The number of nitrogens with two attached hydrogens (primary N) is 1. The smallest absolute Gasteiger partial charge is 0.0503 e. The van der Waals surface area contributed by atoms with Crippen LogP contribution in [0.1, 0.15) is 53.9 Å². The van der Waals surface area contributed by atoms with E-state index in [0.717, 1.165) is 32.4 Å². The van der Waals surface area contributed by atoms with Crippen molar-refractivity contribution in [2.45, 2.75) is 65.5 Å². The van der Waals surface area contributed by atoms with Crippen LogP contribution >= 0.6 is 0 Å². The Labute approximate surface area is 107 Å². The molecule has 0 amide bonds. The van der Waals surface area contributed by atoms with Crippen LogP contribution < -0.4 is 11.3 Å². The van der Waals surface area contributed by atoms with E-state index >= 15 is 0 Å². The summed E-state index contributed by atoms with van der Waals surface area (Å²) in [6.45, 7) is 12.9. The minimum atomic E-state index is 0.113. The molecule has 0 aromatic heterocycles. The topological polar surface area (TPSA) is 41.3 Å². The number of hydrogen-bond donors (Lipinski definition) is 2. The van der Waals surface area contributed by atoms with Gasteiger partial charge in [-0.2, -0.15) is 0 Å². The van der Waals surface area contributed by atoms with E-state index in [1.807, 2.05) is 6.92 Å². The number of likely N-dealkylation sites (N-methyl/N-ethyl adjacent to an activating group) is 1. The van der Waals surface area contributed by atoms with Gasteiger partial charge in [0.15, 0.2) is 0 Å². The van der Waals surface area contributed by atoms with E-state index < -0.39 is 0 Å². The maximum atomic E-state index is 5.75. The van der Waals surface area contributed by atoms with Crippen molar-refractivity contribution in [2.75, 3.05) is 13.1 Å². The molecule has 0 aliphatic carbocycles. The molecule has 3 nitrogen and oxygen atoms in total. The lowest BCUT2D eigenvalue weighted by Crippen LogP contribution is -2.62. The summed E-state index contributed by atoms with van der Waals surface area (Å²) in [6, 6.07) is 0.227. The van der Waals surface area contributed by atoms with Gasteiger partial charge in [0.25, 0.3) is 0 Å². The number of rotatable bonds is 8. The molecular formula is C14H29N3. The average molecular weight is 239 g/mol. The van der Waals surface area contributed by atoms with E-state index in [1.165, 1.54) is 0 Å². The zero-order chi connectivity index (χ0) is 13.3. The van der Waals surface area contributed by atoms with Crippen LogP contribution in [0.25, 0.3) is 0 Å². The van der Waals surface area contributed by atoms with Crippen LogP contribution in [0.3, 0.4) is 0 Å². The molecule has 0 aliphatic rings. The second-order valence-electron chi connectivity index (χ2n) is 4.33. The van der Waals surface area contributed by atoms with Crippen LogP contribution in [0.5, 0.6) is 0 Å². The Morgan fingerprint density at radius 1 is 1.18 bits per heavy atom. The highest BCUT2D eigenvalue weighted by Crippen LogP contribution is 2.29. The van der Waals surface area contributed by atoms with E-state index in [9.17, 15) is 0 Å². The molecule has 1 unspecified atom stereocenters. The van der Waals surface area contributed by atoms with Crippen molar-refractivity contribution in [3.05, 3.63) is 0 Å². The van der Waals surface area contributed by atoms with Gasteiger partial charge in [0, 0.05) is 12.0 Å². The van der Waals surface area contributed by atoms with Crippen LogP contribution in [0.15, 0.2) is 0 Å². The molecule has 0 spiro atoms. The Morgan fingerprint density at radius 3 is 2.00 bits per heavy atom. The van der Waals surface area contributed by atoms with Crippen LogP contribution in [0.4, 0.5) is 0 Å². The monoisotopic (exact) mass is 239 g/mol. The first-order chi connectivity index (χ1) is 8.16.